The van der Waals surface area contributed by atoms with E-state index in [1.807, 2.05) is 0 Å². The van der Waals surface area contributed by atoms with Crippen molar-refractivity contribution in [3.63, 3.8) is 0 Å². The standard InChI is InChI=1S/C16H14Cl2F3N3O/c1-3-24(13-5-4-9(17)6-12(13)18)15(25)10-8-23-14(22-2)7-11(10)16(19,20)21/h4-8H,3H2,1-2H3,(H,22,23). The molecule has 1 aromatic heterocycles. The van der Waals surface area contributed by atoms with Crippen molar-refractivity contribution >= 4 is 40.6 Å². The summed E-state index contributed by atoms with van der Waals surface area (Å²) in [4.78, 5) is 17.7. The van der Waals surface area contributed by atoms with Crippen LogP contribution in [-0.4, -0.2) is 24.5 Å². The van der Waals surface area contributed by atoms with Gasteiger partial charge in [0, 0.05) is 24.8 Å². The van der Waals surface area contributed by atoms with E-state index in [9.17, 15) is 18.0 Å². The Morgan fingerprint density at radius 2 is 1.96 bits per heavy atom. The van der Waals surface area contributed by atoms with E-state index in [1.54, 1.807) is 6.92 Å². The molecule has 0 atom stereocenters. The highest BCUT2D eigenvalue weighted by Gasteiger charge is 2.37. The highest BCUT2D eigenvalue weighted by Crippen LogP contribution is 2.35. The fraction of sp³-hybridized carbons (Fsp3) is 0.250. The van der Waals surface area contributed by atoms with Crippen LogP contribution in [0.15, 0.2) is 30.5 Å². The smallest absolute Gasteiger partial charge is 0.373 e. The van der Waals surface area contributed by atoms with Crippen molar-refractivity contribution in [1.82, 2.24) is 4.98 Å². The van der Waals surface area contributed by atoms with Crippen molar-refractivity contribution in [3.8, 4) is 0 Å². The molecule has 134 valence electrons. The third-order valence-corrected chi connectivity index (χ3v) is 4.00. The number of hydrogen-bond donors (Lipinski definition) is 1. The fourth-order valence-corrected chi connectivity index (χ4v) is 2.78. The van der Waals surface area contributed by atoms with Gasteiger partial charge in [-0.1, -0.05) is 23.2 Å². The van der Waals surface area contributed by atoms with Crippen LogP contribution in [0.3, 0.4) is 0 Å². The second-order valence-corrected chi connectivity index (χ2v) is 5.85. The van der Waals surface area contributed by atoms with Crippen molar-refractivity contribution in [2.75, 3.05) is 23.8 Å². The number of carbonyl (C=O) groups excluding carboxylic acids is 1. The van der Waals surface area contributed by atoms with Crippen LogP contribution in [0.25, 0.3) is 0 Å². The molecule has 9 heteroatoms. The Balaban J connectivity index is 2.54. The first-order valence-electron chi connectivity index (χ1n) is 7.21. The van der Waals surface area contributed by atoms with Crippen LogP contribution in [0.5, 0.6) is 0 Å². The number of pyridine rings is 1. The first-order chi connectivity index (χ1) is 11.7. The molecule has 1 aromatic carbocycles. The number of anilines is 2. The average molecular weight is 392 g/mol. The van der Waals surface area contributed by atoms with Gasteiger partial charge in [-0.15, -0.1) is 0 Å². The zero-order valence-electron chi connectivity index (χ0n) is 13.3. The molecule has 0 bridgehead atoms. The van der Waals surface area contributed by atoms with Crippen LogP contribution >= 0.6 is 23.2 Å². The average Bonchev–Trinajstić information content (AvgIpc) is 2.55. The number of amides is 1. The summed E-state index contributed by atoms with van der Waals surface area (Å²) in [5.41, 5.74) is -1.36. The highest BCUT2D eigenvalue weighted by molar-refractivity contribution is 6.37. The Labute approximate surface area is 152 Å². The van der Waals surface area contributed by atoms with Crippen molar-refractivity contribution in [1.29, 1.82) is 0 Å². The lowest BCUT2D eigenvalue weighted by molar-refractivity contribution is -0.137. The molecular weight excluding hydrogens is 378 g/mol. The number of halogens is 5. The van der Waals surface area contributed by atoms with Crippen LogP contribution in [0.1, 0.15) is 22.8 Å². The normalized spacial score (nSPS) is 11.3. The number of hydrogen-bond acceptors (Lipinski definition) is 3. The van der Waals surface area contributed by atoms with Gasteiger partial charge in [0.25, 0.3) is 5.91 Å². The zero-order valence-corrected chi connectivity index (χ0v) is 14.8. The van der Waals surface area contributed by atoms with Crippen LogP contribution in [0.2, 0.25) is 10.0 Å². The van der Waals surface area contributed by atoms with Gasteiger partial charge >= 0.3 is 6.18 Å². The van der Waals surface area contributed by atoms with E-state index < -0.39 is 23.2 Å². The van der Waals surface area contributed by atoms with Gasteiger partial charge in [-0.25, -0.2) is 4.98 Å². The molecular formula is C16H14Cl2F3N3O. The number of aromatic nitrogens is 1. The summed E-state index contributed by atoms with van der Waals surface area (Å²) in [5, 5.41) is 3.04. The maximum absolute atomic E-state index is 13.4. The van der Waals surface area contributed by atoms with E-state index in [0.29, 0.717) is 5.02 Å². The maximum atomic E-state index is 13.4. The molecule has 0 aliphatic carbocycles. The molecule has 0 unspecified atom stereocenters. The Bertz CT molecular complexity index is 797. The number of nitrogens with zero attached hydrogens (tertiary/aromatic N) is 2. The van der Waals surface area contributed by atoms with Gasteiger partial charge in [0.2, 0.25) is 0 Å². The monoisotopic (exact) mass is 391 g/mol. The molecule has 0 spiro atoms. The van der Waals surface area contributed by atoms with E-state index in [2.05, 4.69) is 10.3 Å². The quantitative estimate of drug-likeness (QED) is 0.786. The van der Waals surface area contributed by atoms with E-state index in [4.69, 9.17) is 23.2 Å². The van der Waals surface area contributed by atoms with Crippen molar-refractivity contribution in [3.05, 3.63) is 51.6 Å². The molecule has 0 aliphatic rings. The van der Waals surface area contributed by atoms with Gasteiger partial charge in [0.05, 0.1) is 21.8 Å². The van der Waals surface area contributed by atoms with Gasteiger partial charge in [-0.3, -0.25) is 4.79 Å². The first kappa shape index (κ1) is 19.3. The van der Waals surface area contributed by atoms with Crippen LogP contribution in [0, 0.1) is 0 Å². The second kappa shape index (κ2) is 7.49. The number of rotatable bonds is 4. The fourth-order valence-electron chi connectivity index (χ4n) is 2.27. The summed E-state index contributed by atoms with van der Waals surface area (Å²) in [6, 6.07) is 5.20. The number of benzene rings is 1. The summed E-state index contributed by atoms with van der Waals surface area (Å²) >= 11 is 11.9. The van der Waals surface area contributed by atoms with E-state index in [-0.39, 0.29) is 23.1 Å². The minimum Gasteiger partial charge on any atom is -0.373 e. The molecule has 0 radical (unpaired) electrons. The van der Waals surface area contributed by atoms with Crippen molar-refractivity contribution in [2.24, 2.45) is 0 Å². The lowest BCUT2D eigenvalue weighted by atomic mass is 10.1. The van der Waals surface area contributed by atoms with Crippen molar-refractivity contribution < 1.29 is 18.0 Å². The highest BCUT2D eigenvalue weighted by atomic mass is 35.5. The SMILES string of the molecule is CCN(C(=O)c1cnc(NC)cc1C(F)(F)F)c1ccc(Cl)cc1Cl. The number of nitrogens with one attached hydrogen (secondary N) is 1. The van der Waals surface area contributed by atoms with Gasteiger partial charge in [0.15, 0.2) is 0 Å². The predicted octanol–water partition coefficient (Wildman–Crippen LogP) is 5.12. The van der Waals surface area contributed by atoms with Crippen LogP contribution in [-0.2, 0) is 6.18 Å². The summed E-state index contributed by atoms with van der Waals surface area (Å²) in [6.07, 6.45) is -3.80. The lowest BCUT2D eigenvalue weighted by Gasteiger charge is -2.24. The van der Waals surface area contributed by atoms with E-state index in [1.165, 1.54) is 25.2 Å². The molecule has 4 nitrogen and oxygen atoms in total. The second-order valence-electron chi connectivity index (χ2n) is 5.01. The molecule has 2 rings (SSSR count). The molecule has 0 aliphatic heterocycles. The molecule has 0 saturated heterocycles. The maximum Gasteiger partial charge on any atom is 0.417 e. The molecule has 2 aromatic rings. The van der Waals surface area contributed by atoms with Gasteiger partial charge in [-0.2, -0.15) is 13.2 Å². The summed E-state index contributed by atoms with van der Waals surface area (Å²) in [5.74, 6) is -0.842. The van der Waals surface area contributed by atoms with Gasteiger partial charge in [-0.05, 0) is 31.2 Å². The Hall–Kier alpha value is -1.99. The summed E-state index contributed by atoms with van der Waals surface area (Å²) in [6.45, 7) is 1.75. The minimum atomic E-state index is -4.71. The zero-order chi connectivity index (χ0) is 18.8. The third kappa shape index (κ3) is 4.16. The summed E-state index contributed by atoms with van der Waals surface area (Å²) in [7, 11) is 1.44. The Morgan fingerprint density at radius 3 is 2.48 bits per heavy atom. The molecule has 1 heterocycles. The van der Waals surface area contributed by atoms with Crippen molar-refractivity contribution in [2.45, 2.75) is 13.1 Å². The van der Waals surface area contributed by atoms with E-state index >= 15 is 0 Å². The molecule has 0 fully saturated rings. The number of carbonyl (C=O) groups is 1. The Kier molecular flexibility index (Phi) is 5.80. The Morgan fingerprint density at radius 1 is 1.28 bits per heavy atom. The van der Waals surface area contributed by atoms with E-state index in [0.717, 1.165) is 17.2 Å². The largest absolute Gasteiger partial charge is 0.417 e. The first-order valence-corrected chi connectivity index (χ1v) is 7.96. The molecule has 1 amide bonds. The lowest BCUT2D eigenvalue weighted by Crippen LogP contribution is -2.32. The minimum absolute atomic E-state index is 0.0106. The van der Waals surface area contributed by atoms with Crippen LogP contribution in [0.4, 0.5) is 24.7 Å². The molecule has 1 N–H and O–H groups in total. The summed E-state index contributed by atoms with van der Waals surface area (Å²) < 4.78 is 40.1. The molecule has 25 heavy (non-hydrogen) atoms. The van der Waals surface area contributed by atoms with Gasteiger partial charge in [0.1, 0.15) is 5.82 Å². The predicted molar refractivity (Wildman–Crippen MR) is 92.6 cm³/mol. The molecule has 0 saturated carbocycles. The third-order valence-electron chi connectivity index (χ3n) is 3.46. The van der Waals surface area contributed by atoms with Gasteiger partial charge < -0.3 is 10.2 Å². The topological polar surface area (TPSA) is 45.2 Å². The van der Waals surface area contributed by atoms with Crippen LogP contribution < -0.4 is 10.2 Å². The number of alkyl halides is 3.